The van der Waals surface area contributed by atoms with Gasteiger partial charge in [0.15, 0.2) is 0 Å². The Hall–Kier alpha value is -1.31. The second-order valence-corrected chi connectivity index (χ2v) is 5.72. The number of aliphatic carboxylic acids is 1. The monoisotopic (exact) mass is 252 g/mol. The number of amides is 2. The van der Waals surface area contributed by atoms with Crippen LogP contribution in [0.4, 0.5) is 4.79 Å². The zero-order chi connectivity index (χ0) is 12.8. The summed E-state index contributed by atoms with van der Waals surface area (Å²) in [7, 11) is -1.67. The first kappa shape index (κ1) is 14.7. The molecular formula is C8H16N2O5S. The van der Waals surface area contributed by atoms with Crippen molar-refractivity contribution in [1.29, 1.82) is 0 Å². The van der Waals surface area contributed by atoms with Crippen LogP contribution < -0.4 is 5.32 Å². The number of carbonyl (C=O) groups is 2. The van der Waals surface area contributed by atoms with Crippen molar-refractivity contribution in [3.05, 3.63) is 0 Å². The summed E-state index contributed by atoms with van der Waals surface area (Å²) in [5.74, 6) is -1.11. The molecule has 7 nitrogen and oxygen atoms in total. The number of hydrogen-bond acceptors (Lipinski definition) is 4. The molecule has 0 aliphatic heterocycles. The van der Waals surface area contributed by atoms with E-state index in [9.17, 15) is 18.0 Å². The highest BCUT2D eigenvalue weighted by Gasteiger charge is 2.11. The lowest BCUT2D eigenvalue weighted by Crippen LogP contribution is -2.40. The first-order chi connectivity index (χ1) is 7.22. The molecule has 0 fully saturated rings. The molecule has 16 heavy (non-hydrogen) atoms. The van der Waals surface area contributed by atoms with Crippen molar-refractivity contribution in [3.8, 4) is 0 Å². The van der Waals surface area contributed by atoms with E-state index in [0.29, 0.717) is 6.42 Å². The molecule has 0 heterocycles. The lowest BCUT2D eigenvalue weighted by Gasteiger charge is -2.15. The van der Waals surface area contributed by atoms with Gasteiger partial charge in [0.05, 0.1) is 5.75 Å². The zero-order valence-corrected chi connectivity index (χ0v) is 10.1. The predicted molar refractivity (Wildman–Crippen MR) is 58.0 cm³/mol. The number of hydrogen-bond donors (Lipinski definition) is 2. The predicted octanol–water partition coefficient (Wildman–Crippen LogP) is -0.853. The Kier molecular flexibility index (Phi) is 5.79. The van der Waals surface area contributed by atoms with Crippen LogP contribution in [0.25, 0.3) is 0 Å². The molecule has 94 valence electrons. The van der Waals surface area contributed by atoms with E-state index in [0.717, 1.165) is 11.2 Å². The lowest BCUT2D eigenvalue weighted by molar-refractivity contribution is -0.137. The van der Waals surface area contributed by atoms with Gasteiger partial charge in [0.1, 0.15) is 16.4 Å². The van der Waals surface area contributed by atoms with Crippen LogP contribution in [0.5, 0.6) is 0 Å². The van der Waals surface area contributed by atoms with Gasteiger partial charge < -0.3 is 15.3 Å². The molecule has 0 rings (SSSR count). The van der Waals surface area contributed by atoms with Gasteiger partial charge in [-0.15, -0.1) is 0 Å². The Morgan fingerprint density at radius 2 is 1.94 bits per heavy atom. The molecule has 0 atom stereocenters. The van der Waals surface area contributed by atoms with Gasteiger partial charge in [-0.1, -0.05) is 0 Å². The summed E-state index contributed by atoms with van der Waals surface area (Å²) in [5.41, 5.74) is 0. The Bertz CT molecular complexity index is 351. The number of likely N-dealkylation sites (N-methyl/N-ethyl adjacent to an activating group) is 1. The van der Waals surface area contributed by atoms with E-state index in [-0.39, 0.29) is 12.3 Å². The highest BCUT2D eigenvalue weighted by atomic mass is 32.2. The Balaban J connectivity index is 3.77. The fraction of sp³-hybridized carbons (Fsp3) is 0.750. The van der Waals surface area contributed by atoms with Crippen LogP contribution in [-0.4, -0.2) is 62.6 Å². The minimum absolute atomic E-state index is 0.00404. The van der Waals surface area contributed by atoms with Gasteiger partial charge >= 0.3 is 12.0 Å². The number of carboxylic acids is 1. The van der Waals surface area contributed by atoms with Crippen molar-refractivity contribution < 1.29 is 23.1 Å². The van der Waals surface area contributed by atoms with Crippen molar-refractivity contribution in [1.82, 2.24) is 10.2 Å². The molecule has 0 spiro atoms. The van der Waals surface area contributed by atoms with Crippen LogP contribution in [0.3, 0.4) is 0 Å². The first-order valence-electron chi connectivity index (χ1n) is 4.61. The van der Waals surface area contributed by atoms with Crippen molar-refractivity contribution in [2.24, 2.45) is 0 Å². The van der Waals surface area contributed by atoms with Crippen LogP contribution in [0.2, 0.25) is 0 Å². The molecule has 0 aromatic rings. The first-order valence-corrected chi connectivity index (χ1v) is 6.67. The molecule has 8 heteroatoms. The summed E-state index contributed by atoms with van der Waals surface area (Å²) in [5, 5.41) is 10.8. The van der Waals surface area contributed by atoms with E-state index in [1.54, 1.807) is 0 Å². The van der Waals surface area contributed by atoms with Gasteiger partial charge in [0.25, 0.3) is 0 Å². The SMILES string of the molecule is CN(CC(=O)O)C(=O)NCCCS(C)(=O)=O. The van der Waals surface area contributed by atoms with Crippen LogP contribution in [0, 0.1) is 0 Å². The third-order valence-corrected chi connectivity index (χ3v) is 2.72. The van der Waals surface area contributed by atoms with Crippen molar-refractivity contribution in [2.45, 2.75) is 6.42 Å². The third-order valence-electron chi connectivity index (χ3n) is 1.69. The summed E-state index contributed by atoms with van der Waals surface area (Å²) in [6.07, 6.45) is 1.43. The molecular weight excluding hydrogens is 236 g/mol. The van der Waals surface area contributed by atoms with Crippen molar-refractivity contribution in [3.63, 3.8) is 0 Å². The van der Waals surface area contributed by atoms with Crippen LogP contribution in [-0.2, 0) is 14.6 Å². The largest absolute Gasteiger partial charge is 0.480 e. The van der Waals surface area contributed by atoms with E-state index in [4.69, 9.17) is 5.11 Å². The highest BCUT2D eigenvalue weighted by Crippen LogP contribution is 1.89. The fourth-order valence-corrected chi connectivity index (χ4v) is 1.61. The summed E-state index contributed by atoms with van der Waals surface area (Å²) >= 11 is 0. The van der Waals surface area contributed by atoms with Gasteiger partial charge in [-0.25, -0.2) is 13.2 Å². The molecule has 0 aromatic carbocycles. The molecule has 2 N–H and O–H groups in total. The van der Waals surface area contributed by atoms with E-state index in [2.05, 4.69) is 5.32 Å². The molecule has 0 aliphatic carbocycles. The van der Waals surface area contributed by atoms with Crippen molar-refractivity contribution in [2.75, 3.05) is 32.1 Å². The Labute approximate surface area is 94.3 Å². The molecule has 0 unspecified atom stereocenters. The quantitative estimate of drug-likeness (QED) is 0.599. The van der Waals surface area contributed by atoms with Gasteiger partial charge in [-0.2, -0.15) is 0 Å². The molecule has 0 radical (unpaired) electrons. The van der Waals surface area contributed by atoms with Crippen LogP contribution in [0.1, 0.15) is 6.42 Å². The number of urea groups is 1. The normalized spacial score (nSPS) is 10.9. The maximum Gasteiger partial charge on any atom is 0.323 e. The second kappa shape index (κ2) is 6.31. The Morgan fingerprint density at radius 3 is 2.38 bits per heavy atom. The molecule has 0 bridgehead atoms. The van der Waals surface area contributed by atoms with E-state index in [1.165, 1.54) is 7.05 Å². The summed E-state index contributed by atoms with van der Waals surface area (Å²) in [6, 6.07) is -0.532. The lowest BCUT2D eigenvalue weighted by atomic mass is 10.5. The van der Waals surface area contributed by atoms with Gasteiger partial charge in [-0.05, 0) is 6.42 Å². The van der Waals surface area contributed by atoms with Gasteiger partial charge in [0.2, 0.25) is 0 Å². The molecule has 0 aliphatic rings. The van der Waals surface area contributed by atoms with E-state index >= 15 is 0 Å². The number of carbonyl (C=O) groups excluding carboxylic acids is 1. The van der Waals surface area contributed by atoms with Gasteiger partial charge in [-0.3, -0.25) is 4.79 Å². The van der Waals surface area contributed by atoms with E-state index < -0.39 is 28.4 Å². The molecule has 0 saturated heterocycles. The summed E-state index contributed by atoms with van der Waals surface area (Å²) in [4.78, 5) is 22.5. The molecule has 0 saturated carbocycles. The minimum Gasteiger partial charge on any atom is -0.480 e. The number of rotatable bonds is 6. The summed E-state index contributed by atoms with van der Waals surface area (Å²) in [6.45, 7) is -0.187. The maximum atomic E-state index is 11.2. The number of nitrogens with one attached hydrogen (secondary N) is 1. The van der Waals surface area contributed by atoms with E-state index in [1.807, 2.05) is 0 Å². The van der Waals surface area contributed by atoms with Crippen molar-refractivity contribution >= 4 is 21.8 Å². The number of sulfone groups is 1. The van der Waals surface area contributed by atoms with Crippen LogP contribution in [0.15, 0.2) is 0 Å². The molecule has 2 amide bonds. The number of carboxylic acid groups (broad SMARTS) is 1. The Morgan fingerprint density at radius 1 is 1.38 bits per heavy atom. The standard InChI is InChI=1S/C8H16N2O5S/c1-10(6-7(11)12)8(13)9-4-3-5-16(2,14)15/h3-6H2,1-2H3,(H,9,13)(H,11,12). The average molecular weight is 252 g/mol. The topological polar surface area (TPSA) is 104 Å². The third kappa shape index (κ3) is 8.04. The number of nitrogens with zero attached hydrogens (tertiary/aromatic N) is 1. The second-order valence-electron chi connectivity index (χ2n) is 3.47. The van der Waals surface area contributed by atoms with Crippen LogP contribution >= 0.6 is 0 Å². The fourth-order valence-electron chi connectivity index (χ4n) is 0.939. The van der Waals surface area contributed by atoms with Gasteiger partial charge in [0, 0.05) is 19.8 Å². The molecule has 0 aromatic heterocycles. The smallest absolute Gasteiger partial charge is 0.323 e. The maximum absolute atomic E-state index is 11.2. The highest BCUT2D eigenvalue weighted by molar-refractivity contribution is 7.90. The average Bonchev–Trinajstić information content (AvgIpc) is 2.09. The zero-order valence-electron chi connectivity index (χ0n) is 9.26. The minimum atomic E-state index is -3.02. The summed E-state index contributed by atoms with van der Waals surface area (Å²) < 4.78 is 21.5.